The molecule has 0 saturated carbocycles. The lowest BCUT2D eigenvalue weighted by atomic mass is 10.2. The number of hydrogen-bond acceptors (Lipinski definition) is 3. The number of methoxy groups -OCH3 is 1. The van der Waals surface area contributed by atoms with Gasteiger partial charge in [0.15, 0.2) is 5.11 Å². The Morgan fingerprint density at radius 2 is 2.14 bits per heavy atom. The molecule has 22 heavy (non-hydrogen) atoms. The van der Waals surface area contributed by atoms with Crippen molar-refractivity contribution in [2.24, 2.45) is 0 Å². The second kappa shape index (κ2) is 8.08. The van der Waals surface area contributed by atoms with Gasteiger partial charge in [-0.25, -0.2) is 0 Å². The maximum absolute atomic E-state index is 12.3. The number of rotatable bonds is 6. The van der Waals surface area contributed by atoms with Crippen LogP contribution < -0.4 is 5.32 Å². The third-order valence-corrected chi connectivity index (χ3v) is 3.62. The molecule has 1 fully saturated rings. The van der Waals surface area contributed by atoms with Crippen molar-refractivity contribution in [2.75, 3.05) is 20.3 Å². The van der Waals surface area contributed by atoms with E-state index in [2.05, 4.69) is 5.32 Å². The summed E-state index contributed by atoms with van der Waals surface area (Å²) in [7, 11) is 1.63. The average molecular weight is 337 g/mol. The first kappa shape index (κ1) is 16.7. The number of benzene rings is 1. The van der Waals surface area contributed by atoms with Crippen LogP contribution >= 0.6 is 23.8 Å². The van der Waals surface area contributed by atoms with Gasteiger partial charge in [0, 0.05) is 25.3 Å². The van der Waals surface area contributed by atoms with Crippen LogP contribution in [0.3, 0.4) is 0 Å². The maximum atomic E-state index is 12.3. The number of nitrogens with zero attached hydrogens (tertiary/aromatic N) is 1. The monoisotopic (exact) mass is 336 g/mol. The molecule has 0 unspecified atom stereocenters. The van der Waals surface area contributed by atoms with Crippen LogP contribution in [0.1, 0.15) is 12.0 Å². The summed E-state index contributed by atoms with van der Waals surface area (Å²) < 4.78 is 4.98. The molecule has 1 aromatic carbocycles. The number of halogens is 1. The second-order valence-corrected chi connectivity index (χ2v) is 5.55. The van der Waals surface area contributed by atoms with Gasteiger partial charge in [0.2, 0.25) is 0 Å². The first-order valence-corrected chi connectivity index (χ1v) is 7.66. The third kappa shape index (κ3) is 4.40. The Morgan fingerprint density at radius 1 is 1.41 bits per heavy atom. The quantitative estimate of drug-likeness (QED) is 0.493. The summed E-state index contributed by atoms with van der Waals surface area (Å²) in [5, 5.41) is 3.76. The molecule has 0 bridgehead atoms. The second-order valence-electron chi connectivity index (χ2n) is 4.73. The normalized spacial score (nSPS) is 17.3. The van der Waals surface area contributed by atoms with Crippen LogP contribution in [0.15, 0.2) is 47.1 Å². The predicted molar refractivity (Wildman–Crippen MR) is 92.3 cm³/mol. The van der Waals surface area contributed by atoms with Crippen LogP contribution in [0.2, 0.25) is 0 Å². The lowest BCUT2D eigenvalue weighted by Gasteiger charge is -2.12. The van der Waals surface area contributed by atoms with E-state index in [0.29, 0.717) is 29.0 Å². The van der Waals surface area contributed by atoms with Crippen molar-refractivity contribution in [3.05, 3.63) is 52.7 Å². The summed E-state index contributed by atoms with van der Waals surface area (Å²) in [5.74, 6) is -0.166. The van der Waals surface area contributed by atoms with Crippen molar-refractivity contribution < 1.29 is 9.53 Å². The minimum Gasteiger partial charge on any atom is -0.385 e. The molecule has 0 radical (unpaired) electrons. The molecule has 6 heteroatoms. The first-order chi connectivity index (χ1) is 10.6. The highest BCUT2D eigenvalue weighted by atomic mass is 35.5. The van der Waals surface area contributed by atoms with Gasteiger partial charge in [-0.3, -0.25) is 9.69 Å². The molecule has 1 saturated heterocycles. The lowest BCUT2D eigenvalue weighted by Crippen LogP contribution is -2.32. The summed E-state index contributed by atoms with van der Waals surface area (Å²) in [4.78, 5) is 13.8. The number of carbonyl (C=O) groups is 1. The van der Waals surface area contributed by atoms with Gasteiger partial charge >= 0.3 is 0 Å². The Kier molecular flexibility index (Phi) is 6.12. The minimum absolute atomic E-state index is 0.166. The molecule has 1 heterocycles. The third-order valence-electron chi connectivity index (χ3n) is 3.08. The smallest absolute Gasteiger partial charge is 0.276 e. The molecule has 1 aliphatic heterocycles. The predicted octanol–water partition coefficient (Wildman–Crippen LogP) is 2.90. The number of amides is 1. The van der Waals surface area contributed by atoms with Crippen LogP contribution in [0.5, 0.6) is 0 Å². The van der Waals surface area contributed by atoms with E-state index in [-0.39, 0.29) is 5.91 Å². The van der Waals surface area contributed by atoms with Gasteiger partial charge in [0.05, 0.1) is 0 Å². The van der Waals surface area contributed by atoms with Crippen LogP contribution in [-0.2, 0) is 9.53 Å². The molecule has 1 amide bonds. The molecule has 0 aliphatic carbocycles. The van der Waals surface area contributed by atoms with Crippen molar-refractivity contribution in [3.8, 4) is 0 Å². The molecule has 116 valence electrons. The van der Waals surface area contributed by atoms with Crippen molar-refractivity contribution in [2.45, 2.75) is 6.42 Å². The summed E-state index contributed by atoms with van der Waals surface area (Å²) in [6.45, 7) is 1.11. The number of allylic oxidation sites excluding steroid dienone is 2. The summed E-state index contributed by atoms with van der Waals surface area (Å²) >= 11 is 11.4. The molecule has 1 N–H and O–H groups in total. The number of ether oxygens (including phenoxy) is 1. The summed E-state index contributed by atoms with van der Waals surface area (Å²) in [6.07, 6.45) is 4.12. The molecule has 1 aromatic rings. The van der Waals surface area contributed by atoms with E-state index in [1.165, 1.54) is 4.90 Å². The van der Waals surface area contributed by atoms with Gasteiger partial charge in [0.1, 0.15) is 5.70 Å². The van der Waals surface area contributed by atoms with Gasteiger partial charge in [-0.15, -0.1) is 0 Å². The van der Waals surface area contributed by atoms with E-state index in [0.717, 1.165) is 12.0 Å². The maximum Gasteiger partial charge on any atom is 0.276 e. The van der Waals surface area contributed by atoms with Crippen LogP contribution in [0.25, 0.3) is 6.08 Å². The number of carbonyl (C=O) groups excluding carboxylic acids is 1. The van der Waals surface area contributed by atoms with Crippen LogP contribution in [0.4, 0.5) is 0 Å². The minimum atomic E-state index is -0.166. The highest BCUT2D eigenvalue weighted by Crippen LogP contribution is 2.17. The number of thiocarbonyl (C=S) groups is 1. The van der Waals surface area contributed by atoms with Crippen molar-refractivity contribution in [3.63, 3.8) is 0 Å². The van der Waals surface area contributed by atoms with Crippen molar-refractivity contribution in [1.82, 2.24) is 10.2 Å². The first-order valence-electron chi connectivity index (χ1n) is 6.87. The zero-order valence-corrected chi connectivity index (χ0v) is 13.8. The topological polar surface area (TPSA) is 41.6 Å². The SMILES string of the molecule is COCCCN1C(=O)/C(=C\C(Cl)=C\c2ccccc2)NC1=S. The Hall–Kier alpha value is -1.69. The molecule has 0 aromatic heterocycles. The lowest BCUT2D eigenvalue weighted by molar-refractivity contribution is -0.122. The van der Waals surface area contributed by atoms with Gasteiger partial charge in [0.25, 0.3) is 5.91 Å². The molecule has 0 spiro atoms. The van der Waals surface area contributed by atoms with Gasteiger partial charge in [-0.1, -0.05) is 41.9 Å². The van der Waals surface area contributed by atoms with Gasteiger partial charge < -0.3 is 10.1 Å². The zero-order valence-electron chi connectivity index (χ0n) is 12.2. The van der Waals surface area contributed by atoms with E-state index in [4.69, 9.17) is 28.6 Å². The molecule has 4 nitrogen and oxygen atoms in total. The fraction of sp³-hybridized carbons (Fsp3) is 0.250. The Bertz CT molecular complexity index is 614. The van der Waals surface area contributed by atoms with Gasteiger partial charge in [-0.05, 0) is 36.4 Å². The Morgan fingerprint density at radius 3 is 2.82 bits per heavy atom. The largest absolute Gasteiger partial charge is 0.385 e. The molecule has 2 rings (SSSR count). The highest BCUT2D eigenvalue weighted by molar-refractivity contribution is 7.80. The summed E-state index contributed by atoms with van der Waals surface area (Å²) in [6, 6.07) is 9.66. The average Bonchev–Trinajstić information content (AvgIpc) is 2.75. The molecule has 0 atom stereocenters. The van der Waals surface area contributed by atoms with Gasteiger partial charge in [-0.2, -0.15) is 0 Å². The Labute approximate surface area is 140 Å². The zero-order chi connectivity index (χ0) is 15.9. The van der Waals surface area contributed by atoms with E-state index >= 15 is 0 Å². The standard InChI is InChI=1S/C16H17ClN2O2S/c1-21-9-5-8-19-15(20)14(18-16(19)22)11-13(17)10-12-6-3-2-4-7-12/h2-4,6-7,10-11H,5,8-9H2,1H3,(H,18,22)/b13-10-,14-11+. The fourth-order valence-corrected chi connectivity index (χ4v) is 2.55. The van der Waals surface area contributed by atoms with E-state index in [1.54, 1.807) is 19.3 Å². The van der Waals surface area contributed by atoms with E-state index in [1.807, 2.05) is 30.3 Å². The van der Waals surface area contributed by atoms with E-state index in [9.17, 15) is 4.79 Å². The number of hydrogen-bond donors (Lipinski definition) is 1. The molecular formula is C16H17ClN2O2S. The summed E-state index contributed by atoms with van der Waals surface area (Å²) in [5.41, 5.74) is 1.36. The fourth-order valence-electron chi connectivity index (χ4n) is 2.03. The Balaban J connectivity index is 2.07. The van der Waals surface area contributed by atoms with Crippen molar-refractivity contribution >= 4 is 40.9 Å². The number of nitrogens with one attached hydrogen (secondary N) is 1. The van der Waals surface area contributed by atoms with E-state index < -0.39 is 0 Å². The van der Waals surface area contributed by atoms with Crippen LogP contribution in [0, 0.1) is 0 Å². The molecular weight excluding hydrogens is 320 g/mol. The van der Waals surface area contributed by atoms with Crippen molar-refractivity contribution in [1.29, 1.82) is 0 Å². The highest BCUT2D eigenvalue weighted by Gasteiger charge is 2.29. The van der Waals surface area contributed by atoms with Crippen LogP contribution in [-0.4, -0.2) is 36.2 Å². The molecule has 1 aliphatic rings.